The Labute approximate surface area is 138 Å². The molecule has 0 unspecified atom stereocenters. The van der Waals surface area contributed by atoms with E-state index in [9.17, 15) is 4.79 Å². The molecule has 2 saturated carbocycles. The van der Waals surface area contributed by atoms with Crippen LogP contribution in [0.4, 0.5) is 0 Å². The molecule has 0 spiro atoms. The van der Waals surface area contributed by atoms with Crippen molar-refractivity contribution in [2.24, 2.45) is 0 Å². The maximum absolute atomic E-state index is 11.6. The number of hydrogen-bond acceptors (Lipinski definition) is 2. The zero-order chi connectivity index (χ0) is 14.0. The minimum absolute atomic E-state index is 0. The molecule has 1 aromatic rings. The van der Waals surface area contributed by atoms with Crippen molar-refractivity contribution in [3.63, 3.8) is 0 Å². The van der Waals surface area contributed by atoms with Crippen molar-refractivity contribution in [1.82, 2.24) is 10.3 Å². The van der Waals surface area contributed by atoms with Crippen LogP contribution in [0.2, 0.25) is 0 Å². The summed E-state index contributed by atoms with van der Waals surface area (Å²) in [6, 6.07) is 3.49. The second kappa shape index (κ2) is 10.8. The fourth-order valence-electron chi connectivity index (χ4n) is 1.63. The Morgan fingerprint density at radius 1 is 1.00 bits per heavy atom. The summed E-state index contributed by atoms with van der Waals surface area (Å²) >= 11 is 0. The van der Waals surface area contributed by atoms with E-state index in [0.717, 1.165) is 5.92 Å². The molecule has 2 aliphatic rings. The van der Waals surface area contributed by atoms with Crippen LogP contribution in [0, 0.1) is 63.7 Å². The molecule has 1 N–H and O–H groups in total. The quantitative estimate of drug-likeness (QED) is 0.868. The third-order valence-corrected chi connectivity index (χ3v) is 2.66. The molecule has 3 rings (SSSR count). The molecule has 1 aromatic heterocycles. The van der Waals surface area contributed by atoms with E-state index in [1.165, 1.54) is 0 Å². The third-order valence-electron chi connectivity index (χ3n) is 2.66. The van der Waals surface area contributed by atoms with E-state index < -0.39 is 0 Å². The van der Waals surface area contributed by atoms with Gasteiger partial charge in [0.15, 0.2) is 0 Å². The maximum atomic E-state index is 11.6. The third kappa shape index (κ3) is 7.10. The monoisotopic (exact) mass is 320 g/mol. The minimum atomic E-state index is -0.0932. The van der Waals surface area contributed by atoms with Gasteiger partial charge in [0.1, 0.15) is 0 Å². The predicted molar refractivity (Wildman–Crippen MR) is 78.5 cm³/mol. The summed E-state index contributed by atoms with van der Waals surface area (Å²) in [5.41, 5.74) is 0.587. The molecular formula is C17H16FeN2O+2. The molecule has 0 saturated heterocycles. The first-order chi connectivity index (χ1) is 9.86. The van der Waals surface area contributed by atoms with Crippen LogP contribution in [0.1, 0.15) is 10.4 Å². The summed E-state index contributed by atoms with van der Waals surface area (Å²) in [6.45, 7) is 0.556. The van der Waals surface area contributed by atoms with E-state index >= 15 is 0 Å². The topological polar surface area (TPSA) is 42.0 Å². The Morgan fingerprint density at radius 3 is 2.14 bits per heavy atom. The molecule has 3 nitrogen and oxygen atoms in total. The van der Waals surface area contributed by atoms with Crippen LogP contribution >= 0.6 is 0 Å². The Hall–Kier alpha value is -0.861. The van der Waals surface area contributed by atoms with Crippen LogP contribution in [0.5, 0.6) is 0 Å². The zero-order valence-electron chi connectivity index (χ0n) is 11.4. The van der Waals surface area contributed by atoms with E-state index in [1.807, 2.05) is 57.8 Å². The van der Waals surface area contributed by atoms with Gasteiger partial charge in [-0.15, -0.1) is 0 Å². The fourth-order valence-corrected chi connectivity index (χ4v) is 1.63. The first-order valence-corrected chi connectivity index (χ1v) is 6.42. The zero-order valence-corrected chi connectivity index (χ0v) is 12.5. The largest absolute Gasteiger partial charge is 2.00 e. The second-order valence-corrected chi connectivity index (χ2v) is 4.18. The van der Waals surface area contributed by atoms with Crippen molar-refractivity contribution in [3.05, 3.63) is 93.8 Å². The van der Waals surface area contributed by atoms with Gasteiger partial charge in [-0.2, -0.15) is 0 Å². The van der Waals surface area contributed by atoms with Crippen molar-refractivity contribution in [2.45, 2.75) is 0 Å². The Balaban J connectivity index is 0.000000313. The van der Waals surface area contributed by atoms with Gasteiger partial charge >= 0.3 is 17.1 Å². The Kier molecular flexibility index (Phi) is 9.36. The molecule has 0 aliphatic heterocycles. The maximum Gasteiger partial charge on any atom is 2.00 e. The van der Waals surface area contributed by atoms with Gasteiger partial charge in [0.2, 0.25) is 0 Å². The summed E-state index contributed by atoms with van der Waals surface area (Å²) < 4.78 is 0. The molecule has 21 heavy (non-hydrogen) atoms. The van der Waals surface area contributed by atoms with Crippen LogP contribution < -0.4 is 5.32 Å². The number of carbonyl (C=O) groups is 1. The second-order valence-electron chi connectivity index (χ2n) is 4.18. The van der Waals surface area contributed by atoms with Crippen molar-refractivity contribution in [3.8, 4) is 0 Å². The number of amides is 1. The average molecular weight is 320 g/mol. The number of aromatic nitrogens is 1. The number of rotatable bonds is 3. The molecule has 0 atom stereocenters. The van der Waals surface area contributed by atoms with Crippen LogP contribution in [0.15, 0.2) is 24.5 Å². The smallest absolute Gasteiger partial charge is 0.351 e. The Morgan fingerprint density at radius 2 is 1.62 bits per heavy atom. The van der Waals surface area contributed by atoms with Crippen molar-refractivity contribution < 1.29 is 21.9 Å². The molecule has 0 aromatic carbocycles. The molecule has 2 aliphatic carbocycles. The number of carbonyl (C=O) groups excluding carboxylic acids is 1. The summed E-state index contributed by atoms with van der Waals surface area (Å²) in [4.78, 5) is 15.5. The van der Waals surface area contributed by atoms with E-state index in [2.05, 4.69) is 10.3 Å². The molecule has 0 bridgehead atoms. The minimum Gasteiger partial charge on any atom is -0.351 e. The van der Waals surface area contributed by atoms with E-state index in [0.29, 0.717) is 12.1 Å². The normalized spacial score (nSPS) is 17.5. The van der Waals surface area contributed by atoms with Crippen LogP contribution in [0.3, 0.4) is 0 Å². The van der Waals surface area contributed by atoms with Crippen molar-refractivity contribution in [1.29, 1.82) is 0 Å². The Bertz CT molecular complexity index is 379. The molecular weight excluding hydrogens is 304 g/mol. The SMILES string of the molecule is O=C(NC[C]1[CH][CH][CH][CH]1)c1cccnc1.[CH]1[CH][CH][CH][CH]1.[Fe+2]. The van der Waals surface area contributed by atoms with Crippen LogP contribution in [0.25, 0.3) is 0 Å². The number of nitrogens with one attached hydrogen (secondary N) is 1. The van der Waals surface area contributed by atoms with Gasteiger partial charge in [0.05, 0.1) is 5.56 Å². The summed E-state index contributed by atoms with van der Waals surface area (Å²) in [5, 5.41) is 2.82. The average Bonchev–Trinajstić information content (AvgIpc) is 3.21. The van der Waals surface area contributed by atoms with Gasteiger partial charge in [0, 0.05) is 24.9 Å². The molecule has 1 heterocycles. The van der Waals surface area contributed by atoms with E-state index in [-0.39, 0.29) is 23.0 Å². The first kappa shape index (κ1) is 18.2. The van der Waals surface area contributed by atoms with Crippen LogP contribution in [-0.2, 0) is 17.1 Å². The summed E-state index contributed by atoms with van der Waals surface area (Å²) in [5.74, 6) is 1.01. The molecule has 2 fully saturated rings. The van der Waals surface area contributed by atoms with Gasteiger partial charge < -0.3 is 5.32 Å². The van der Waals surface area contributed by atoms with E-state index in [4.69, 9.17) is 0 Å². The summed E-state index contributed by atoms with van der Waals surface area (Å²) in [6.07, 6.45) is 21.1. The van der Waals surface area contributed by atoms with Crippen molar-refractivity contribution in [2.75, 3.05) is 6.54 Å². The standard InChI is InChI=1S/C12H11N2O.C5H5.Fe/c15-12(11-6-3-7-13-9-11)14-8-10-4-1-2-5-10;1-2-4-5-3-1;/h1-7,9H,8H2,(H,14,15);1-5H;/q;;+2. The summed E-state index contributed by atoms with van der Waals surface area (Å²) in [7, 11) is 0. The molecule has 106 valence electrons. The van der Waals surface area contributed by atoms with Gasteiger partial charge in [-0.25, -0.2) is 0 Å². The number of hydrogen-bond donors (Lipinski definition) is 1. The molecule has 10 radical (unpaired) electrons. The molecule has 1 amide bonds. The van der Waals surface area contributed by atoms with Gasteiger partial charge in [-0.1, -0.05) is 0 Å². The van der Waals surface area contributed by atoms with E-state index in [1.54, 1.807) is 24.5 Å². The first-order valence-electron chi connectivity index (χ1n) is 6.42. The molecule has 4 heteroatoms. The van der Waals surface area contributed by atoms with Crippen molar-refractivity contribution >= 4 is 5.91 Å². The van der Waals surface area contributed by atoms with Crippen LogP contribution in [-0.4, -0.2) is 17.4 Å². The number of nitrogens with zero attached hydrogens (tertiary/aromatic N) is 1. The fraction of sp³-hybridized carbons (Fsp3) is 0.0588. The predicted octanol–water partition coefficient (Wildman–Crippen LogP) is 2.24. The van der Waals surface area contributed by atoms with Gasteiger partial charge in [-0.05, 0) is 69.9 Å². The van der Waals surface area contributed by atoms with Gasteiger partial charge in [0.25, 0.3) is 5.91 Å². The number of pyridine rings is 1. The van der Waals surface area contributed by atoms with Gasteiger partial charge in [-0.3, -0.25) is 9.78 Å².